The topological polar surface area (TPSA) is 46.5 Å². The Morgan fingerprint density at radius 1 is 1.20 bits per heavy atom. The Balaban J connectivity index is 2.17. The van der Waals surface area contributed by atoms with Crippen LogP contribution in [-0.2, 0) is 6.61 Å². The smallest absolute Gasteiger partial charge is 0.335 e. The molecule has 0 aromatic heterocycles. The normalized spacial score (nSPS) is 10.3. The van der Waals surface area contributed by atoms with Gasteiger partial charge in [-0.25, -0.2) is 9.18 Å². The number of ether oxygens (including phenoxy) is 1. The van der Waals surface area contributed by atoms with Crippen molar-refractivity contribution in [1.82, 2.24) is 0 Å². The monoisotopic (exact) mass is 314 g/mol. The summed E-state index contributed by atoms with van der Waals surface area (Å²) in [6.07, 6.45) is 0. The van der Waals surface area contributed by atoms with E-state index in [9.17, 15) is 9.18 Å². The van der Waals surface area contributed by atoms with Crippen molar-refractivity contribution in [3.63, 3.8) is 0 Å². The molecule has 0 unspecified atom stereocenters. The second-order valence-corrected chi connectivity index (χ2v) is 4.75. The first-order valence-corrected chi connectivity index (χ1v) is 6.33. The Bertz CT molecular complexity index is 639. The Morgan fingerprint density at radius 3 is 2.55 bits per heavy atom. The van der Waals surface area contributed by atoms with Gasteiger partial charge in [0, 0.05) is 5.56 Å². The van der Waals surface area contributed by atoms with E-state index < -0.39 is 11.8 Å². The van der Waals surface area contributed by atoms with Crippen LogP contribution < -0.4 is 4.74 Å². The maximum atomic E-state index is 13.5. The van der Waals surface area contributed by atoms with Crippen LogP contribution in [0.3, 0.4) is 0 Å². The molecule has 2 rings (SSSR count). The number of benzene rings is 2. The van der Waals surface area contributed by atoms with E-state index in [0.29, 0.717) is 0 Å². The van der Waals surface area contributed by atoms with Crippen molar-refractivity contribution in [2.75, 3.05) is 0 Å². The second-order valence-electron chi connectivity index (χ2n) is 3.94. The van der Waals surface area contributed by atoms with Crippen LogP contribution in [0.1, 0.15) is 15.9 Å². The van der Waals surface area contributed by atoms with Gasteiger partial charge in [0.1, 0.15) is 18.2 Å². The first-order valence-electron chi connectivity index (χ1n) is 5.57. The SMILES string of the molecule is O=C(O)c1ccc(OCc2c(F)cccc2Cl)c(Cl)c1. The largest absolute Gasteiger partial charge is 0.487 e. The fourth-order valence-electron chi connectivity index (χ4n) is 1.57. The molecule has 0 aliphatic carbocycles. The van der Waals surface area contributed by atoms with Gasteiger partial charge in [-0.3, -0.25) is 0 Å². The molecule has 6 heteroatoms. The highest BCUT2D eigenvalue weighted by atomic mass is 35.5. The van der Waals surface area contributed by atoms with Crippen LogP contribution in [0.25, 0.3) is 0 Å². The Kier molecular flexibility index (Phi) is 4.47. The van der Waals surface area contributed by atoms with Gasteiger partial charge < -0.3 is 9.84 Å². The number of hydrogen-bond donors (Lipinski definition) is 1. The molecule has 20 heavy (non-hydrogen) atoms. The fourth-order valence-corrected chi connectivity index (χ4v) is 2.02. The molecule has 0 aliphatic rings. The minimum atomic E-state index is -1.09. The van der Waals surface area contributed by atoms with Crippen LogP contribution in [0.15, 0.2) is 36.4 Å². The molecule has 104 valence electrons. The quantitative estimate of drug-likeness (QED) is 0.909. The summed E-state index contributed by atoms with van der Waals surface area (Å²) in [5.41, 5.74) is 0.263. The van der Waals surface area contributed by atoms with Gasteiger partial charge in [0.05, 0.1) is 15.6 Å². The number of rotatable bonds is 4. The number of hydrogen-bond acceptors (Lipinski definition) is 2. The molecule has 3 nitrogen and oxygen atoms in total. The molecular weight excluding hydrogens is 306 g/mol. The van der Waals surface area contributed by atoms with Gasteiger partial charge in [-0.2, -0.15) is 0 Å². The molecule has 0 aliphatic heterocycles. The molecule has 0 radical (unpaired) electrons. The Labute approximate surface area is 124 Å². The van der Waals surface area contributed by atoms with Crippen molar-refractivity contribution in [2.24, 2.45) is 0 Å². The van der Waals surface area contributed by atoms with E-state index >= 15 is 0 Å². The summed E-state index contributed by atoms with van der Waals surface area (Å²) in [5, 5.41) is 9.20. The standard InChI is InChI=1S/C14H9Cl2FO3/c15-10-2-1-3-12(17)9(10)7-20-13-5-4-8(14(18)19)6-11(13)16/h1-6H,7H2,(H,18,19). The molecule has 2 aromatic carbocycles. The third kappa shape index (κ3) is 3.21. The van der Waals surface area contributed by atoms with Crippen LogP contribution in [-0.4, -0.2) is 11.1 Å². The first kappa shape index (κ1) is 14.6. The minimum absolute atomic E-state index is 0.0475. The minimum Gasteiger partial charge on any atom is -0.487 e. The summed E-state index contributed by atoms with van der Waals surface area (Å²) >= 11 is 11.8. The predicted molar refractivity (Wildman–Crippen MR) is 74.2 cm³/mol. The highest BCUT2D eigenvalue weighted by molar-refractivity contribution is 6.32. The van der Waals surface area contributed by atoms with Gasteiger partial charge in [-0.05, 0) is 30.3 Å². The molecule has 0 saturated heterocycles. The molecule has 0 fully saturated rings. The van der Waals surface area contributed by atoms with E-state index in [1.54, 1.807) is 6.07 Å². The molecule has 0 bridgehead atoms. The lowest BCUT2D eigenvalue weighted by molar-refractivity contribution is 0.0697. The average molecular weight is 315 g/mol. The maximum Gasteiger partial charge on any atom is 0.335 e. The fraction of sp³-hybridized carbons (Fsp3) is 0.0714. The van der Waals surface area contributed by atoms with Crippen LogP contribution >= 0.6 is 23.2 Å². The van der Waals surface area contributed by atoms with Crippen molar-refractivity contribution in [3.05, 3.63) is 63.4 Å². The van der Waals surface area contributed by atoms with Crippen LogP contribution in [0.2, 0.25) is 10.0 Å². The second kappa shape index (κ2) is 6.11. The zero-order chi connectivity index (χ0) is 14.7. The molecule has 1 N–H and O–H groups in total. The average Bonchev–Trinajstić information content (AvgIpc) is 2.39. The lowest BCUT2D eigenvalue weighted by atomic mass is 10.2. The molecule has 0 saturated carbocycles. The van der Waals surface area contributed by atoms with Crippen molar-refractivity contribution in [1.29, 1.82) is 0 Å². The molecule has 2 aromatic rings. The summed E-state index contributed by atoms with van der Waals surface area (Å²) in [6, 6.07) is 8.36. The summed E-state index contributed by atoms with van der Waals surface area (Å²) in [6.45, 7) is -0.0996. The zero-order valence-corrected chi connectivity index (χ0v) is 11.6. The number of carbonyl (C=O) groups is 1. The van der Waals surface area contributed by atoms with E-state index in [2.05, 4.69) is 0 Å². The van der Waals surface area contributed by atoms with E-state index in [1.165, 1.54) is 30.3 Å². The van der Waals surface area contributed by atoms with Crippen molar-refractivity contribution in [3.8, 4) is 5.75 Å². The van der Waals surface area contributed by atoms with Crippen LogP contribution in [0, 0.1) is 5.82 Å². The number of aromatic carboxylic acids is 1. The van der Waals surface area contributed by atoms with Crippen LogP contribution in [0.5, 0.6) is 5.75 Å². The van der Waals surface area contributed by atoms with Crippen molar-refractivity contribution < 1.29 is 19.0 Å². The lowest BCUT2D eigenvalue weighted by Crippen LogP contribution is -2.01. The van der Waals surface area contributed by atoms with Crippen molar-refractivity contribution in [2.45, 2.75) is 6.61 Å². The number of halogens is 3. The van der Waals surface area contributed by atoms with E-state index in [-0.39, 0.29) is 33.5 Å². The van der Waals surface area contributed by atoms with E-state index in [1.807, 2.05) is 0 Å². The van der Waals surface area contributed by atoms with Gasteiger partial charge in [0.15, 0.2) is 0 Å². The molecule has 0 atom stereocenters. The summed E-state index contributed by atoms with van der Waals surface area (Å²) in [5.74, 6) is -1.30. The van der Waals surface area contributed by atoms with Crippen molar-refractivity contribution >= 4 is 29.2 Å². The maximum absolute atomic E-state index is 13.5. The molecule has 0 heterocycles. The number of carboxylic acids is 1. The molecule has 0 amide bonds. The zero-order valence-electron chi connectivity index (χ0n) is 10.1. The highest BCUT2D eigenvalue weighted by Crippen LogP contribution is 2.28. The Hall–Kier alpha value is -1.78. The van der Waals surface area contributed by atoms with Crippen LogP contribution in [0.4, 0.5) is 4.39 Å². The first-order chi connectivity index (χ1) is 9.49. The van der Waals surface area contributed by atoms with Gasteiger partial charge in [-0.15, -0.1) is 0 Å². The molecule has 0 spiro atoms. The van der Waals surface area contributed by atoms with Gasteiger partial charge in [0.25, 0.3) is 0 Å². The predicted octanol–water partition coefficient (Wildman–Crippen LogP) is 4.41. The lowest BCUT2D eigenvalue weighted by Gasteiger charge is -2.10. The van der Waals surface area contributed by atoms with E-state index in [0.717, 1.165) is 0 Å². The highest BCUT2D eigenvalue weighted by Gasteiger charge is 2.11. The Morgan fingerprint density at radius 2 is 1.95 bits per heavy atom. The van der Waals surface area contributed by atoms with Gasteiger partial charge in [0.2, 0.25) is 0 Å². The third-order valence-corrected chi connectivity index (χ3v) is 3.26. The molecular formula is C14H9Cl2FO3. The summed E-state index contributed by atoms with van der Waals surface area (Å²) in [4.78, 5) is 10.8. The van der Waals surface area contributed by atoms with Gasteiger partial charge in [-0.1, -0.05) is 29.3 Å². The van der Waals surface area contributed by atoms with E-state index in [4.69, 9.17) is 33.0 Å². The summed E-state index contributed by atoms with van der Waals surface area (Å²) < 4.78 is 18.9. The third-order valence-electron chi connectivity index (χ3n) is 2.61. The summed E-state index contributed by atoms with van der Waals surface area (Å²) in [7, 11) is 0. The number of carboxylic acid groups (broad SMARTS) is 1. The van der Waals surface area contributed by atoms with Gasteiger partial charge >= 0.3 is 5.97 Å².